The Bertz CT molecular complexity index is 463. The van der Waals surface area contributed by atoms with Crippen LogP contribution < -0.4 is 10.6 Å². The number of hydrogen-bond acceptors (Lipinski definition) is 3. The highest BCUT2D eigenvalue weighted by molar-refractivity contribution is 5.51. The lowest BCUT2D eigenvalue weighted by Gasteiger charge is -2.25. The lowest BCUT2D eigenvalue weighted by molar-refractivity contribution is 0.260. The Labute approximate surface area is 118 Å². The van der Waals surface area contributed by atoms with Crippen molar-refractivity contribution >= 4 is 5.69 Å². The van der Waals surface area contributed by atoms with Crippen LogP contribution in [0.4, 0.5) is 14.5 Å². The molecule has 0 saturated carbocycles. The fraction of sp³-hybridized carbons (Fsp3) is 0.600. The average molecular weight is 281 g/mol. The zero-order valence-electron chi connectivity index (χ0n) is 11.6. The summed E-state index contributed by atoms with van der Waals surface area (Å²) >= 11 is 0. The molecule has 0 aliphatic carbocycles. The summed E-state index contributed by atoms with van der Waals surface area (Å²) in [5.74, 6) is -0.986. The van der Waals surface area contributed by atoms with Crippen molar-refractivity contribution in [2.45, 2.75) is 31.8 Å². The summed E-state index contributed by atoms with van der Waals surface area (Å²) in [7, 11) is 0. The van der Waals surface area contributed by atoms with Gasteiger partial charge in [-0.25, -0.2) is 8.78 Å². The second-order valence-electron chi connectivity index (χ2n) is 5.74. The quantitative estimate of drug-likeness (QED) is 0.921. The topological polar surface area (TPSA) is 32.5 Å². The Morgan fingerprint density at radius 2 is 1.75 bits per heavy atom. The zero-order chi connectivity index (χ0) is 14.1. The van der Waals surface area contributed by atoms with E-state index in [4.69, 9.17) is 5.73 Å². The van der Waals surface area contributed by atoms with Crippen LogP contribution >= 0.6 is 0 Å². The Kier molecular flexibility index (Phi) is 3.89. The van der Waals surface area contributed by atoms with E-state index in [0.29, 0.717) is 11.6 Å². The minimum absolute atomic E-state index is 0.115. The molecule has 0 bridgehead atoms. The van der Waals surface area contributed by atoms with Gasteiger partial charge in [0, 0.05) is 25.7 Å². The summed E-state index contributed by atoms with van der Waals surface area (Å²) in [6.07, 6.45) is 3.46. The van der Waals surface area contributed by atoms with Crippen molar-refractivity contribution in [3.8, 4) is 0 Å². The number of rotatable bonds is 3. The fourth-order valence-corrected chi connectivity index (χ4v) is 3.39. The third-order valence-electron chi connectivity index (χ3n) is 4.45. The molecule has 0 radical (unpaired) electrons. The lowest BCUT2D eigenvalue weighted by Crippen LogP contribution is -2.35. The van der Waals surface area contributed by atoms with Crippen molar-refractivity contribution < 1.29 is 8.78 Å². The Balaban J connectivity index is 1.77. The molecular formula is C15H21F2N3. The summed E-state index contributed by atoms with van der Waals surface area (Å²) in [6, 6.07) is 3.13. The van der Waals surface area contributed by atoms with Gasteiger partial charge in [0.15, 0.2) is 0 Å². The number of halogens is 2. The highest BCUT2D eigenvalue weighted by Crippen LogP contribution is 2.30. The van der Waals surface area contributed by atoms with Crippen LogP contribution in [0, 0.1) is 11.6 Å². The van der Waals surface area contributed by atoms with Gasteiger partial charge in [0.1, 0.15) is 17.3 Å². The van der Waals surface area contributed by atoms with Gasteiger partial charge in [-0.15, -0.1) is 0 Å². The number of nitrogens with two attached hydrogens (primary N) is 1. The van der Waals surface area contributed by atoms with E-state index in [-0.39, 0.29) is 12.2 Å². The fourth-order valence-electron chi connectivity index (χ4n) is 3.39. The summed E-state index contributed by atoms with van der Waals surface area (Å²) in [5.41, 5.74) is 6.06. The van der Waals surface area contributed by atoms with E-state index in [1.807, 2.05) is 4.90 Å². The van der Waals surface area contributed by atoms with Crippen LogP contribution in [0.5, 0.6) is 0 Å². The molecule has 0 amide bonds. The second-order valence-corrected chi connectivity index (χ2v) is 5.74. The van der Waals surface area contributed by atoms with Gasteiger partial charge in [0.2, 0.25) is 0 Å². The normalized spacial score (nSPS) is 23.8. The van der Waals surface area contributed by atoms with Gasteiger partial charge in [-0.05, 0) is 50.0 Å². The molecule has 3 rings (SSSR count). The Morgan fingerprint density at radius 1 is 1.10 bits per heavy atom. The van der Waals surface area contributed by atoms with Crippen LogP contribution in [0.25, 0.3) is 0 Å². The van der Waals surface area contributed by atoms with Crippen molar-refractivity contribution in [3.05, 3.63) is 29.3 Å². The molecule has 1 atom stereocenters. The maximum Gasteiger partial charge on any atom is 0.149 e. The van der Waals surface area contributed by atoms with Crippen molar-refractivity contribution in [3.63, 3.8) is 0 Å². The Hall–Kier alpha value is -1.20. The first-order valence-electron chi connectivity index (χ1n) is 7.36. The molecule has 20 heavy (non-hydrogen) atoms. The van der Waals surface area contributed by atoms with Gasteiger partial charge in [-0.1, -0.05) is 0 Å². The molecule has 0 aromatic heterocycles. The molecule has 2 aliphatic rings. The van der Waals surface area contributed by atoms with E-state index in [0.717, 1.165) is 32.6 Å². The predicted molar refractivity (Wildman–Crippen MR) is 75.7 cm³/mol. The summed E-state index contributed by atoms with van der Waals surface area (Å²) in [6.45, 7) is 3.84. The zero-order valence-corrected chi connectivity index (χ0v) is 11.6. The van der Waals surface area contributed by atoms with E-state index in [9.17, 15) is 8.78 Å². The van der Waals surface area contributed by atoms with Crippen LogP contribution in [0.1, 0.15) is 24.8 Å². The Morgan fingerprint density at radius 3 is 2.35 bits per heavy atom. The van der Waals surface area contributed by atoms with Gasteiger partial charge in [0.25, 0.3) is 0 Å². The maximum absolute atomic E-state index is 14.1. The number of likely N-dealkylation sites (tertiary alicyclic amines) is 1. The SMILES string of the molecule is NCc1cc(F)c(N2CCC(N3CCCC3)C2)c(F)c1. The van der Waals surface area contributed by atoms with Gasteiger partial charge in [-0.2, -0.15) is 0 Å². The highest BCUT2D eigenvalue weighted by Gasteiger charge is 2.31. The van der Waals surface area contributed by atoms with Crippen LogP contribution in [-0.2, 0) is 6.54 Å². The third kappa shape index (κ3) is 2.52. The first kappa shape index (κ1) is 13.8. The predicted octanol–water partition coefficient (Wildman–Crippen LogP) is 2.10. The summed E-state index contributed by atoms with van der Waals surface area (Å²) < 4.78 is 28.2. The van der Waals surface area contributed by atoms with Crippen molar-refractivity contribution in [2.75, 3.05) is 31.1 Å². The summed E-state index contributed by atoms with van der Waals surface area (Å²) in [5, 5.41) is 0. The largest absolute Gasteiger partial charge is 0.365 e. The van der Waals surface area contributed by atoms with Gasteiger partial charge >= 0.3 is 0 Å². The van der Waals surface area contributed by atoms with E-state index >= 15 is 0 Å². The minimum Gasteiger partial charge on any atom is -0.365 e. The molecule has 110 valence electrons. The molecule has 5 heteroatoms. The minimum atomic E-state index is -0.493. The first-order chi connectivity index (χ1) is 9.69. The molecule has 3 nitrogen and oxygen atoms in total. The van der Waals surface area contributed by atoms with E-state index in [1.165, 1.54) is 25.0 Å². The molecule has 2 N–H and O–H groups in total. The summed E-state index contributed by atoms with van der Waals surface area (Å²) in [4.78, 5) is 4.29. The second kappa shape index (κ2) is 5.66. The highest BCUT2D eigenvalue weighted by atomic mass is 19.1. The van der Waals surface area contributed by atoms with Crippen LogP contribution in [0.15, 0.2) is 12.1 Å². The van der Waals surface area contributed by atoms with Crippen LogP contribution in [0.3, 0.4) is 0 Å². The van der Waals surface area contributed by atoms with Crippen molar-refractivity contribution in [1.82, 2.24) is 4.90 Å². The molecule has 1 aromatic rings. The van der Waals surface area contributed by atoms with E-state index in [2.05, 4.69) is 4.90 Å². The molecular weight excluding hydrogens is 260 g/mol. The van der Waals surface area contributed by atoms with Crippen LogP contribution in [0.2, 0.25) is 0 Å². The number of hydrogen-bond donors (Lipinski definition) is 1. The first-order valence-corrected chi connectivity index (χ1v) is 7.36. The molecule has 2 saturated heterocycles. The lowest BCUT2D eigenvalue weighted by atomic mass is 10.1. The van der Waals surface area contributed by atoms with Gasteiger partial charge in [0.05, 0.1) is 0 Å². The van der Waals surface area contributed by atoms with Gasteiger partial charge < -0.3 is 10.6 Å². The molecule has 1 unspecified atom stereocenters. The van der Waals surface area contributed by atoms with Crippen molar-refractivity contribution in [1.29, 1.82) is 0 Å². The molecule has 2 fully saturated rings. The van der Waals surface area contributed by atoms with E-state index in [1.54, 1.807) is 0 Å². The maximum atomic E-state index is 14.1. The van der Waals surface area contributed by atoms with E-state index < -0.39 is 11.6 Å². The van der Waals surface area contributed by atoms with Gasteiger partial charge in [-0.3, -0.25) is 4.90 Å². The van der Waals surface area contributed by atoms with Crippen LogP contribution in [-0.4, -0.2) is 37.1 Å². The number of nitrogens with zero attached hydrogens (tertiary/aromatic N) is 2. The standard InChI is InChI=1S/C15H21F2N3/c16-13-7-11(9-18)8-14(17)15(13)20-6-3-12(10-20)19-4-1-2-5-19/h7-8,12H,1-6,9-10,18H2. The van der Waals surface area contributed by atoms with Crippen molar-refractivity contribution in [2.24, 2.45) is 5.73 Å². The number of benzene rings is 1. The molecule has 2 heterocycles. The smallest absolute Gasteiger partial charge is 0.149 e. The molecule has 2 aliphatic heterocycles. The number of anilines is 1. The molecule has 0 spiro atoms. The monoisotopic (exact) mass is 281 g/mol. The average Bonchev–Trinajstić information content (AvgIpc) is 3.08. The molecule has 1 aromatic carbocycles. The third-order valence-corrected chi connectivity index (χ3v) is 4.45.